The van der Waals surface area contributed by atoms with Gasteiger partial charge in [0.05, 0.1) is 4.92 Å². The van der Waals surface area contributed by atoms with Gasteiger partial charge < -0.3 is 0 Å². The lowest BCUT2D eigenvalue weighted by Gasteiger charge is -2.26. The molecule has 1 aliphatic rings. The third kappa shape index (κ3) is 3.27. The SMILES string of the molecule is CCN(C1CCCC1)S(=O)(=O)c1cc(Br)ccc1[N+](=O)[O-]. The van der Waals surface area contributed by atoms with Crippen molar-refractivity contribution in [1.82, 2.24) is 4.31 Å². The summed E-state index contributed by atoms with van der Waals surface area (Å²) in [5.74, 6) is 0. The first-order valence-electron chi connectivity index (χ1n) is 6.83. The third-order valence-corrected chi connectivity index (χ3v) is 6.30. The van der Waals surface area contributed by atoms with Crippen LogP contribution >= 0.6 is 15.9 Å². The highest BCUT2D eigenvalue weighted by Crippen LogP contribution is 2.33. The van der Waals surface area contributed by atoms with Gasteiger partial charge in [-0.2, -0.15) is 4.31 Å². The van der Waals surface area contributed by atoms with Crippen molar-refractivity contribution in [3.8, 4) is 0 Å². The molecule has 21 heavy (non-hydrogen) atoms. The Kier molecular flexibility index (Phi) is 5.00. The summed E-state index contributed by atoms with van der Waals surface area (Å²) in [6, 6.07) is 3.95. The summed E-state index contributed by atoms with van der Waals surface area (Å²) in [6.45, 7) is 2.08. The molecule has 0 N–H and O–H groups in total. The highest BCUT2D eigenvalue weighted by Gasteiger charge is 2.36. The van der Waals surface area contributed by atoms with Crippen molar-refractivity contribution in [2.45, 2.75) is 43.5 Å². The maximum Gasteiger partial charge on any atom is 0.289 e. The maximum atomic E-state index is 12.8. The number of rotatable bonds is 5. The Hall–Kier alpha value is -0.990. The standard InChI is InChI=1S/C13H17BrN2O4S/c1-2-15(11-5-3-4-6-11)21(19,20)13-9-10(14)7-8-12(13)16(17)18/h7-9,11H,2-6H2,1H3. The Bertz CT molecular complexity index is 642. The van der Waals surface area contributed by atoms with Crippen molar-refractivity contribution in [2.75, 3.05) is 6.54 Å². The topological polar surface area (TPSA) is 80.5 Å². The molecule has 1 fully saturated rings. The molecule has 0 amide bonds. The summed E-state index contributed by atoms with van der Waals surface area (Å²) < 4.78 is 27.6. The number of hydrogen-bond donors (Lipinski definition) is 0. The molecule has 0 atom stereocenters. The highest BCUT2D eigenvalue weighted by molar-refractivity contribution is 9.10. The Labute approximate surface area is 132 Å². The Morgan fingerprint density at radius 2 is 2.00 bits per heavy atom. The molecule has 0 spiro atoms. The minimum atomic E-state index is -3.87. The van der Waals surface area contributed by atoms with Gasteiger partial charge in [0, 0.05) is 23.1 Å². The lowest BCUT2D eigenvalue weighted by Crippen LogP contribution is -2.38. The largest absolute Gasteiger partial charge is 0.289 e. The van der Waals surface area contributed by atoms with Gasteiger partial charge >= 0.3 is 0 Å². The summed E-state index contributed by atoms with van der Waals surface area (Å²) in [6.07, 6.45) is 3.62. The van der Waals surface area contributed by atoms with Gasteiger partial charge in [-0.3, -0.25) is 10.1 Å². The Morgan fingerprint density at radius 3 is 2.52 bits per heavy atom. The molecule has 0 radical (unpaired) electrons. The van der Waals surface area contributed by atoms with Gasteiger partial charge in [-0.05, 0) is 25.0 Å². The summed E-state index contributed by atoms with van der Waals surface area (Å²) in [5, 5.41) is 11.1. The van der Waals surface area contributed by atoms with Gasteiger partial charge in [0.1, 0.15) is 0 Å². The first-order chi connectivity index (χ1) is 9.87. The van der Waals surface area contributed by atoms with E-state index in [1.807, 2.05) is 0 Å². The van der Waals surface area contributed by atoms with Crippen LogP contribution in [0, 0.1) is 10.1 Å². The fourth-order valence-corrected chi connectivity index (χ4v) is 5.18. The van der Waals surface area contributed by atoms with Gasteiger partial charge in [-0.1, -0.05) is 35.7 Å². The molecule has 1 aliphatic carbocycles. The minimum absolute atomic E-state index is 0.0569. The predicted octanol–water partition coefficient (Wildman–Crippen LogP) is 3.31. The zero-order valence-corrected chi connectivity index (χ0v) is 14.1. The van der Waals surface area contributed by atoms with Gasteiger partial charge in [0.15, 0.2) is 4.90 Å². The van der Waals surface area contributed by atoms with Crippen LogP contribution in [0.4, 0.5) is 5.69 Å². The molecule has 0 bridgehead atoms. The molecule has 0 unspecified atom stereocenters. The summed E-state index contributed by atoms with van der Waals surface area (Å²) in [5.41, 5.74) is -0.380. The summed E-state index contributed by atoms with van der Waals surface area (Å²) in [7, 11) is -3.87. The normalized spacial score (nSPS) is 16.5. The third-order valence-electron chi connectivity index (χ3n) is 3.75. The second-order valence-electron chi connectivity index (χ2n) is 5.02. The number of benzene rings is 1. The fraction of sp³-hybridized carbons (Fsp3) is 0.538. The molecular formula is C13H17BrN2O4S. The monoisotopic (exact) mass is 376 g/mol. The van der Waals surface area contributed by atoms with Crippen LogP contribution in [-0.2, 0) is 10.0 Å². The molecule has 0 heterocycles. The lowest BCUT2D eigenvalue weighted by atomic mass is 10.2. The van der Waals surface area contributed by atoms with Crippen LogP contribution < -0.4 is 0 Å². The van der Waals surface area contributed by atoms with E-state index in [0.29, 0.717) is 11.0 Å². The summed E-state index contributed by atoms with van der Waals surface area (Å²) >= 11 is 3.19. The number of nitrogens with zero attached hydrogens (tertiary/aromatic N) is 2. The first kappa shape index (κ1) is 16.4. The van der Waals surface area contributed by atoms with Gasteiger partial charge in [0.2, 0.25) is 10.0 Å². The number of nitro benzene ring substituents is 1. The van der Waals surface area contributed by atoms with Crippen LogP contribution in [0.5, 0.6) is 0 Å². The van der Waals surface area contributed by atoms with Crippen LogP contribution in [0.25, 0.3) is 0 Å². The maximum absolute atomic E-state index is 12.8. The smallest absolute Gasteiger partial charge is 0.258 e. The van der Waals surface area contributed by atoms with E-state index in [1.165, 1.54) is 22.5 Å². The van der Waals surface area contributed by atoms with Crippen LogP contribution in [-0.4, -0.2) is 30.2 Å². The van der Waals surface area contributed by atoms with E-state index in [9.17, 15) is 18.5 Å². The van der Waals surface area contributed by atoms with E-state index >= 15 is 0 Å². The van der Waals surface area contributed by atoms with E-state index in [4.69, 9.17) is 0 Å². The van der Waals surface area contributed by atoms with E-state index < -0.39 is 14.9 Å². The molecule has 0 saturated heterocycles. The minimum Gasteiger partial charge on any atom is -0.258 e. The van der Waals surface area contributed by atoms with Crippen molar-refractivity contribution in [2.24, 2.45) is 0 Å². The van der Waals surface area contributed by atoms with E-state index in [2.05, 4.69) is 15.9 Å². The second-order valence-corrected chi connectivity index (χ2v) is 7.79. The van der Waals surface area contributed by atoms with E-state index in [1.54, 1.807) is 6.92 Å². The van der Waals surface area contributed by atoms with Crippen molar-refractivity contribution >= 4 is 31.6 Å². The average molecular weight is 377 g/mol. The van der Waals surface area contributed by atoms with Crippen molar-refractivity contribution < 1.29 is 13.3 Å². The zero-order valence-electron chi connectivity index (χ0n) is 11.7. The number of halogens is 1. The van der Waals surface area contributed by atoms with Crippen molar-refractivity contribution in [3.63, 3.8) is 0 Å². The molecule has 1 aromatic carbocycles. The number of nitro groups is 1. The van der Waals surface area contributed by atoms with E-state index in [0.717, 1.165) is 25.7 Å². The number of hydrogen-bond acceptors (Lipinski definition) is 4. The van der Waals surface area contributed by atoms with Gasteiger partial charge in [-0.15, -0.1) is 0 Å². The van der Waals surface area contributed by atoms with Gasteiger partial charge in [0.25, 0.3) is 5.69 Å². The van der Waals surface area contributed by atoms with Crippen LogP contribution in [0.1, 0.15) is 32.6 Å². The Morgan fingerprint density at radius 1 is 1.38 bits per heavy atom. The Balaban J connectivity index is 2.51. The quantitative estimate of drug-likeness (QED) is 0.582. The molecule has 6 nitrogen and oxygen atoms in total. The van der Waals surface area contributed by atoms with Crippen molar-refractivity contribution in [3.05, 3.63) is 32.8 Å². The van der Waals surface area contributed by atoms with Crippen molar-refractivity contribution in [1.29, 1.82) is 0 Å². The van der Waals surface area contributed by atoms with E-state index in [-0.39, 0.29) is 16.6 Å². The molecule has 0 aliphatic heterocycles. The lowest BCUT2D eigenvalue weighted by molar-refractivity contribution is -0.387. The highest BCUT2D eigenvalue weighted by atomic mass is 79.9. The van der Waals surface area contributed by atoms with Crippen LogP contribution in [0.2, 0.25) is 0 Å². The second kappa shape index (κ2) is 6.41. The van der Waals surface area contributed by atoms with Crippen LogP contribution in [0.15, 0.2) is 27.6 Å². The molecule has 8 heteroatoms. The molecule has 1 saturated carbocycles. The van der Waals surface area contributed by atoms with Crippen LogP contribution in [0.3, 0.4) is 0 Å². The summed E-state index contributed by atoms with van der Waals surface area (Å²) in [4.78, 5) is 10.2. The van der Waals surface area contributed by atoms with Gasteiger partial charge in [-0.25, -0.2) is 8.42 Å². The molecule has 2 rings (SSSR count). The number of sulfonamides is 1. The molecule has 116 valence electrons. The first-order valence-corrected chi connectivity index (χ1v) is 9.07. The molecular weight excluding hydrogens is 360 g/mol. The fourth-order valence-electron chi connectivity index (χ4n) is 2.79. The zero-order chi connectivity index (χ0) is 15.6. The molecule has 0 aromatic heterocycles. The molecule has 1 aromatic rings. The predicted molar refractivity (Wildman–Crippen MR) is 82.6 cm³/mol. The average Bonchev–Trinajstić information content (AvgIpc) is 2.92.